The van der Waals surface area contributed by atoms with Crippen molar-refractivity contribution in [2.24, 2.45) is 23.7 Å². The Morgan fingerprint density at radius 2 is 2.00 bits per heavy atom. The first kappa shape index (κ1) is 18.7. The predicted octanol–water partition coefficient (Wildman–Crippen LogP) is 4.92. The maximum absolute atomic E-state index is 12.4. The molecular weight excluding hydrogens is 344 g/mol. The van der Waals surface area contributed by atoms with Crippen LogP contribution in [0.25, 0.3) is 0 Å². The van der Waals surface area contributed by atoms with E-state index in [2.05, 4.69) is 34.5 Å². The first-order valence-electron chi connectivity index (χ1n) is 11.7. The van der Waals surface area contributed by atoms with Gasteiger partial charge in [-0.2, -0.15) is 0 Å². The van der Waals surface area contributed by atoms with Gasteiger partial charge in [-0.1, -0.05) is 44.5 Å². The van der Waals surface area contributed by atoms with Gasteiger partial charge < -0.3 is 10.2 Å². The average molecular weight is 383 g/mol. The molecule has 1 aromatic rings. The molecule has 0 unspecified atom stereocenters. The first-order valence-corrected chi connectivity index (χ1v) is 11.7. The molecule has 0 aromatic heterocycles. The molecule has 3 aliphatic carbocycles. The van der Waals surface area contributed by atoms with Crippen molar-refractivity contribution < 1.29 is 6.22 Å². The van der Waals surface area contributed by atoms with E-state index in [1.54, 1.807) is 0 Å². The minimum Gasteiger partial charge on any atom is -0.349 e. The van der Waals surface area contributed by atoms with E-state index >= 15 is 0 Å². The molecule has 3 nitrogen and oxygen atoms in total. The molecule has 1 aromatic carbocycles. The van der Waals surface area contributed by atoms with Crippen molar-refractivity contribution in [3.63, 3.8) is 0 Å². The Morgan fingerprint density at radius 3 is 2.68 bits per heavy atom. The second kappa shape index (κ2) is 7.16. The van der Waals surface area contributed by atoms with E-state index in [0.717, 1.165) is 24.2 Å². The van der Waals surface area contributed by atoms with Gasteiger partial charge in [0, 0.05) is 19.3 Å². The number of carbonyl (C=O) groups is 1. The van der Waals surface area contributed by atoms with Gasteiger partial charge in [-0.3, -0.25) is 4.79 Å². The average Bonchev–Trinajstić information content (AvgIpc) is 3.39. The molecule has 1 heterocycles. The number of nitrogens with zero attached hydrogens (tertiary/aromatic N) is 1. The fourth-order valence-corrected chi connectivity index (χ4v) is 6.93. The van der Waals surface area contributed by atoms with Crippen molar-refractivity contribution in [1.29, 1.82) is 0 Å². The number of piperidine rings is 1. The van der Waals surface area contributed by atoms with Gasteiger partial charge in [0.05, 0.1) is 6.04 Å². The molecule has 0 radical (unpaired) electrons. The quantitative estimate of drug-likeness (QED) is 0.802. The van der Waals surface area contributed by atoms with Crippen LogP contribution in [0.3, 0.4) is 0 Å². The zero-order chi connectivity index (χ0) is 19.3. The summed E-state index contributed by atoms with van der Waals surface area (Å²) < 4.78 is 0. The Balaban J connectivity index is 0.00000205. The van der Waals surface area contributed by atoms with Crippen LogP contribution >= 0.6 is 0 Å². The monoisotopic (exact) mass is 382 g/mol. The summed E-state index contributed by atoms with van der Waals surface area (Å²) in [4.78, 5) is 15.1. The Morgan fingerprint density at radius 1 is 1.21 bits per heavy atom. The molecule has 4 atom stereocenters. The van der Waals surface area contributed by atoms with Gasteiger partial charge in [-0.15, -0.1) is 0 Å². The molecule has 1 amide bonds. The summed E-state index contributed by atoms with van der Waals surface area (Å²) >= 11 is 0. The van der Waals surface area contributed by atoms with E-state index in [4.69, 9.17) is 0 Å². The summed E-state index contributed by atoms with van der Waals surface area (Å²) in [5, 5.41) is 3.34. The molecule has 1 spiro atoms. The molecule has 3 fully saturated rings. The number of hydrogen-bond acceptors (Lipinski definition) is 2. The molecule has 2 bridgehead atoms. The highest BCUT2D eigenvalue weighted by Crippen LogP contribution is 2.52. The summed E-state index contributed by atoms with van der Waals surface area (Å²) in [6, 6.07) is 9.11. The molecule has 154 valence electrons. The largest absolute Gasteiger partial charge is 0.349 e. The van der Waals surface area contributed by atoms with E-state index in [-0.39, 0.29) is 24.7 Å². The number of rotatable bonds is 4. The highest BCUT2D eigenvalue weighted by molar-refractivity contribution is 5.78. The van der Waals surface area contributed by atoms with Crippen LogP contribution in [0.4, 0.5) is 0 Å². The van der Waals surface area contributed by atoms with Crippen LogP contribution in [0, 0.1) is 23.7 Å². The van der Waals surface area contributed by atoms with Gasteiger partial charge in [-0.25, -0.2) is 0 Å². The molecule has 1 N–H and O–H groups in total. The number of fused-ring (bicyclic) bond motifs is 4. The smallest absolute Gasteiger partial charge is 0.223 e. The molecule has 3 heteroatoms. The Kier molecular flexibility index (Phi) is 4.77. The van der Waals surface area contributed by atoms with Crippen molar-refractivity contribution in [2.75, 3.05) is 19.6 Å². The van der Waals surface area contributed by atoms with Gasteiger partial charge in [0.25, 0.3) is 0 Å². The highest BCUT2D eigenvalue weighted by atomic mass is 16.1. The van der Waals surface area contributed by atoms with Crippen molar-refractivity contribution in [3.05, 3.63) is 35.4 Å². The van der Waals surface area contributed by atoms with Crippen LogP contribution in [0.2, 0.25) is 0 Å². The van der Waals surface area contributed by atoms with E-state index in [1.807, 2.05) is 13.8 Å². The third kappa shape index (κ3) is 3.20. The molecule has 4 aliphatic rings. The molecule has 28 heavy (non-hydrogen) atoms. The maximum atomic E-state index is 12.4. The number of hydrogen-bond donors (Lipinski definition) is 1. The van der Waals surface area contributed by atoms with Gasteiger partial charge in [0.1, 0.15) is 0 Å². The molecule has 1 aliphatic heterocycles. The summed E-state index contributed by atoms with van der Waals surface area (Å²) in [6.07, 6.45) is 9.61. The Hall–Kier alpha value is -1.35. The lowest BCUT2D eigenvalue weighted by atomic mass is 9.73. The van der Waals surface area contributed by atoms with E-state index in [0.29, 0.717) is 0 Å². The Bertz CT molecular complexity index is 740. The number of benzene rings is 1. The van der Waals surface area contributed by atoms with Crippen LogP contribution in [-0.2, 0) is 10.2 Å². The molecule has 2 saturated carbocycles. The molecule has 5 rings (SSSR count). The normalized spacial score (nSPS) is 33.5. The third-order valence-electron chi connectivity index (χ3n) is 8.53. The van der Waals surface area contributed by atoms with Crippen LogP contribution < -0.4 is 5.32 Å². The third-order valence-corrected chi connectivity index (χ3v) is 8.53. The van der Waals surface area contributed by atoms with Gasteiger partial charge >= 0.3 is 0 Å². The maximum Gasteiger partial charge on any atom is 0.223 e. The molecular formula is C25H38N2O. The summed E-state index contributed by atoms with van der Waals surface area (Å²) in [5.74, 6) is 3.29. The van der Waals surface area contributed by atoms with Crippen LogP contribution in [0.5, 0.6) is 0 Å². The van der Waals surface area contributed by atoms with Crippen LogP contribution in [-0.4, -0.2) is 30.4 Å². The Labute approximate surface area is 171 Å². The standard InChI is InChI=1S/C25H36N2O.H2/c1-17(2)24(28)26-23-15-25(22-6-4-3-5-21(22)23)9-11-27(12-10-25)16-20-14-18-7-8-19(20)13-18;/h3-6,17-20,23H,7-16H2,1-2H3,(H,26,28);1H/t18-,19+,20+,23-;/m0./s1. The fraction of sp³-hybridized carbons (Fsp3) is 0.720. The van der Waals surface area contributed by atoms with E-state index in [9.17, 15) is 4.79 Å². The van der Waals surface area contributed by atoms with Crippen molar-refractivity contribution in [1.82, 2.24) is 10.2 Å². The minimum absolute atomic E-state index is 0. The van der Waals surface area contributed by atoms with Gasteiger partial charge in [-0.05, 0) is 80.5 Å². The van der Waals surface area contributed by atoms with E-state index in [1.165, 1.54) is 69.3 Å². The SMILES string of the molecule is CC(C)C(=O)N[C@H]1CC2(CCN(C[C@H]3C[C@H]4CC[C@@H]3C4)CC2)c2ccccc21.[HH]. The number of carbonyl (C=O) groups excluding carboxylic acids is 1. The topological polar surface area (TPSA) is 32.3 Å². The first-order chi connectivity index (χ1) is 13.5. The second-order valence-electron chi connectivity index (χ2n) is 10.5. The van der Waals surface area contributed by atoms with Crippen molar-refractivity contribution in [2.45, 2.75) is 70.3 Å². The zero-order valence-corrected chi connectivity index (χ0v) is 17.6. The number of amides is 1. The lowest BCUT2D eigenvalue weighted by molar-refractivity contribution is -0.124. The minimum atomic E-state index is 0. The summed E-state index contributed by atoms with van der Waals surface area (Å²) in [7, 11) is 0. The predicted molar refractivity (Wildman–Crippen MR) is 115 cm³/mol. The lowest BCUT2D eigenvalue weighted by Gasteiger charge is -2.42. The van der Waals surface area contributed by atoms with Crippen LogP contribution in [0.1, 0.15) is 77.4 Å². The zero-order valence-electron chi connectivity index (χ0n) is 17.6. The van der Waals surface area contributed by atoms with Crippen LogP contribution in [0.15, 0.2) is 24.3 Å². The summed E-state index contributed by atoms with van der Waals surface area (Å²) in [5.41, 5.74) is 3.16. The van der Waals surface area contributed by atoms with Gasteiger partial charge in [0.2, 0.25) is 5.91 Å². The van der Waals surface area contributed by atoms with Crippen molar-refractivity contribution in [3.8, 4) is 0 Å². The molecule has 1 saturated heterocycles. The highest BCUT2D eigenvalue weighted by Gasteiger charge is 2.47. The van der Waals surface area contributed by atoms with Gasteiger partial charge in [0.15, 0.2) is 0 Å². The number of likely N-dealkylation sites (tertiary alicyclic amines) is 1. The number of nitrogens with one attached hydrogen (secondary N) is 1. The lowest BCUT2D eigenvalue weighted by Crippen LogP contribution is -2.44. The second-order valence-corrected chi connectivity index (χ2v) is 10.5. The summed E-state index contributed by atoms with van der Waals surface area (Å²) in [6.45, 7) is 7.77. The fourth-order valence-electron chi connectivity index (χ4n) is 6.93. The van der Waals surface area contributed by atoms with Crippen molar-refractivity contribution >= 4 is 5.91 Å². The van der Waals surface area contributed by atoms with E-state index < -0.39 is 0 Å².